The second-order valence-electron chi connectivity index (χ2n) is 9.20. The van der Waals surface area contributed by atoms with Gasteiger partial charge in [-0.3, -0.25) is 4.79 Å². The van der Waals surface area contributed by atoms with Crippen LogP contribution in [0.2, 0.25) is 23.2 Å². The van der Waals surface area contributed by atoms with Crippen LogP contribution >= 0.6 is 23.8 Å². The molecule has 1 fully saturated rings. The average molecular weight is 426 g/mol. The summed E-state index contributed by atoms with van der Waals surface area (Å²) in [5, 5.41) is 3.90. The van der Waals surface area contributed by atoms with Crippen LogP contribution in [0.15, 0.2) is 24.3 Å². The number of rotatable bonds is 7. The molecule has 4 atom stereocenters. The summed E-state index contributed by atoms with van der Waals surface area (Å²) in [6, 6.07) is 7.81. The summed E-state index contributed by atoms with van der Waals surface area (Å²) in [5.74, 6) is 0.0495. The molecule has 3 nitrogen and oxygen atoms in total. The molecule has 1 amide bonds. The molecule has 0 radical (unpaired) electrons. The van der Waals surface area contributed by atoms with Crippen molar-refractivity contribution in [1.29, 1.82) is 0 Å². The minimum absolute atomic E-state index is 0.0390. The van der Waals surface area contributed by atoms with E-state index in [0.29, 0.717) is 6.42 Å². The highest BCUT2D eigenvalue weighted by atomic mass is 35.5. The fourth-order valence-corrected chi connectivity index (χ4v) is 5.11. The first-order valence-electron chi connectivity index (χ1n) is 9.59. The zero-order valence-corrected chi connectivity index (χ0v) is 20.0. The molecule has 150 valence electrons. The molecule has 1 aromatic carbocycles. The van der Waals surface area contributed by atoms with Gasteiger partial charge in [0.25, 0.3) is 0 Å². The second kappa shape index (κ2) is 8.32. The topological polar surface area (TPSA) is 38.3 Å². The monoisotopic (exact) mass is 425 g/mol. The Labute approximate surface area is 175 Å². The zero-order valence-electron chi connectivity index (χ0n) is 17.4. The maximum Gasteiger partial charge on any atom is 0.228 e. The van der Waals surface area contributed by atoms with Crippen molar-refractivity contribution in [2.45, 2.75) is 71.3 Å². The molecule has 1 N–H and O–H groups in total. The van der Waals surface area contributed by atoms with Crippen molar-refractivity contribution < 1.29 is 9.22 Å². The highest BCUT2D eigenvalue weighted by Crippen LogP contribution is 2.39. The van der Waals surface area contributed by atoms with E-state index in [2.05, 4.69) is 46.1 Å². The van der Waals surface area contributed by atoms with Crippen LogP contribution in [-0.2, 0) is 15.6 Å². The Morgan fingerprint density at radius 1 is 1.26 bits per heavy atom. The Morgan fingerprint density at radius 2 is 1.81 bits per heavy atom. The summed E-state index contributed by atoms with van der Waals surface area (Å²) in [6.07, 6.45) is 0.606. The number of β-lactam (4-membered cyclic amide) rings is 1. The lowest BCUT2D eigenvalue weighted by atomic mass is 9.77. The van der Waals surface area contributed by atoms with Crippen molar-refractivity contribution in [3.63, 3.8) is 0 Å². The van der Waals surface area contributed by atoms with E-state index in [1.807, 2.05) is 31.2 Å². The molecular weight excluding hydrogens is 394 g/mol. The quantitative estimate of drug-likeness (QED) is 0.360. The number of halogens is 1. The summed E-state index contributed by atoms with van der Waals surface area (Å²) in [6.45, 7) is 15.2. The van der Waals surface area contributed by atoms with Crippen LogP contribution < -0.4 is 5.32 Å². The van der Waals surface area contributed by atoms with Crippen LogP contribution in [0, 0.1) is 11.8 Å². The lowest BCUT2D eigenvalue weighted by Crippen LogP contribution is -2.66. The van der Waals surface area contributed by atoms with Crippen LogP contribution in [0.5, 0.6) is 0 Å². The minimum atomic E-state index is -1.93. The van der Waals surface area contributed by atoms with Gasteiger partial charge in [0.1, 0.15) is 0 Å². The lowest BCUT2D eigenvalue weighted by Gasteiger charge is -2.47. The van der Waals surface area contributed by atoms with Crippen LogP contribution in [0.25, 0.3) is 0 Å². The Bertz CT molecular complexity index is 699. The molecule has 1 saturated heterocycles. The second-order valence-corrected chi connectivity index (χ2v) is 14.9. The van der Waals surface area contributed by atoms with Gasteiger partial charge in [-0.1, -0.05) is 63.6 Å². The van der Waals surface area contributed by atoms with Crippen molar-refractivity contribution in [3.05, 3.63) is 34.9 Å². The van der Waals surface area contributed by atoms with E-state index >= 15 is 0 Å². The summed E-state index contributed by atoms with van der Waals surface area (Å²) in [4.78, 5) is 13.3. The molecule has 2 rings (SSSR count). The van der Waals surface area contributed by atoms with Gasteiger partial charge in [-0.05, 0) is 42.8 Å². The first-order chi connectivity index (χ1) is 12.3. The number of nitrogens with one attached hydrogen (secondary N) is 1. The fourth-order valence-electron chi connectivity index (χ4n) is 3.24. The molecule has 1 aliphatic heterocycles. The molecule has 27 heavy (non-hydrogen) atoms. The van der Waals surface area contributed by atoms with E-state index in [0.717, 1.165) is 15.5 Å². The smallest absolute Gasteiger partial charge is 0.228 e. The molecule has 1 aromatic rings. The molecule has 6 heteroatoms. The van der Waals surface area contributed by atoms with E-state index in [9.17, 15) is 4.79 Å². The Morgan fingerprint density at radius 3 is 2.30 bits per heavy atom. The molecule has 1 heterocycles. The average Bonchev–Trinajstić information content (AvgIpc) is 2.52. The maximum absolute atomic E-state index is 12.3. The van der Waals surface area contributed by atoms with E-state index in [1.54, 1.807) is 0 Å². The number of hydrogen-bond acceptors (Lipinski definition) is 3. The SMILES string of the molecule is C[C@@H](O[Si](C)(C)C(C)(C)C)[C@H]1C(=O)N[C@@H]1[C@@H](C)C(=S)Cc1ccc(Cl)cc1. The number of thiocarbonyl (C=S) groups is 1. The van der Waals surface area contributed by atoms with Gasteiger partial charge in [-0.2, -0.15) is 0 Å². The maximum atomic E-state index is 12.3. The number of amides is 1. The zero-order chi connectivity index (χ0) is 20.6. The number of benzene rings is 1. The highest BCUT2D eigenvalue weighted by Gasteiger charge is 2.49. The van der Waals surface area contributed by atoms with Crippen molar-refractivity contribution in [2.75, 3.05) is 0 Å². The standard InChI is InChI=1S/C21H32ClNO2SSi/c1-13(17(26)12-15-8-10-16(22)11-9-15)19-18(20(24)23-19)14(2)25-27(6,7)21(3,4)5/h8-11,13-14,18-19H,12H2,1-7H3,(H,23,24)/t13-,14+,18+,19+/m0/s1. The van der Waals surface area contributed by atoms with E-state index < -0.39 is 8.32 Å². The van der Waals surface area contributed by atoms with Gasteiger partial charge in [-0.15, -0.1) is 0 Å². The third-order valence-electron chi connectivity index (χ3n) is 6.13. The highest BCUT2D eigenvalue weighted by molar-refractivity contribution is 7.80. The number of hydrogen-bond donors (Lipinski definition) is 1. The Hall–Kier alpha value is -0.753. The number of carbonyl (C=O) groups is 1. The van der Waals surface area contributed by atoms with Crippen molar-refractivity contribution >= 4 is 42.9 Å². The van der Waals surface area contributed by atoms with Crippen molar-refractivity contribution in [2.24, 2.45) is 11.8 Å². The van der Waals surface area contributed by atoms with Crippen molar-refractivity contribution in [3.8, 4) is 0 Å². The van der Waals surface area contributed by atoms with E-state index in [1.165, 1.54) is 0 Å². The van der Waals surface area contributed by atoms with Gasteiger partial charge >= 0.3 is 0 Å². The first kappa shape index (κ1) is 22.5. The Kier molecular flexibility index (Phi) is 6.94. The molecule has 0 bridgehead atoms. The van der Waals surface area contributed by atoms with Crippen molar-refractivity contribution in [1.82, 2.24) is 5.32 Å². The summed E-state index contributed by atoms with van der Waals surface area (Å²) < 4.78 is 6.49. The van der Waals surface area contributed by atoms with Gasteiger partial charge in [-0.25, -0.2) is 0 Å². The van der Waals surface area contributed by atoms with Gasteiger partial charge < -0.3 is 9.74 Å². The van der Waals surface area contributed by atoms with Gasteiger partial charge in [0.05, 0.1) is 12.0 Å². The molecule has 1 aliphatic rings. The lowest BCUT2D eigenvalue weighted by molar-refractivity contribution is -0.140. The normalized spacial score (nSPS) is 22.6. The summed E-state index contributed by atoms with van der Waals surface area (Å²) in [7, 11) is -1.93. The predicted octanol–water partition coefficient (Wildman–Crippen LogP) is 5.41. The largest absolute Gasteiger partial charge is 0.413 e. The van der Waals surface area contributed by atoms with E-state index in [-0.39, 0.29) is 34.9 Å². The molecule has 0 aromatic heterocycles. The van der Waals surface area contributed by atoms with Gasteiger partial charge in [0.15, 0.2) is 8.32 Å². The molecule has 0 saturated carbocycles. The third-order valence-corrected chi connectivity index (χ3v) is 11.5. The Balaban J connectivity index is 2.03. The molecule has 0 spiro atoms. The molecular formula is C21H32ClNO2SSi. The van der Waals surface area contributed by atoms with Crippen LogP contribution in [0.4, 0.5) is 0 Å². The van der Waals surface area contributed by atoms with Crippen LogP contribution in [0.1, 0.15) is 40.2 Å². The number of carbonyl (C=O) groups excluding carboxylic acids is 1. The first-order valence-corrected chi connectivity index (χ1v) is 13.3. The third kappa shape index (κ3) is 5.20. The van der Waals surface area contributed by atoms with Crippen LogP contribution in [-0.4, -0.2) is 31.2 Å². The van der Waals surface area contributed by atoms with E-state index in [4.69, 9.17) is 28.2 Å². The van der Waals surface area contributed by atoms with Crippen LogP contribution in [0.3, 0.4) is 0 Å². The molecule has 0 unspecified atom stereocenters. The molecule has 0 aliphatic carbocycles. The van der Waals surface area contributed by atoms with Gasteiger partial charge in [0, 0.05) is 28.3 Å². The summed E-state index contributed by atoms with van der Waals surface area (Å²) in [5.41, 5.74) is 1.14. The predicted molar refractivity (Wildman–Crippen MR) is 120 cm³/mol. The summed E-state index contributed by atoms with van der Waals surface area (Å²) >= 11 is 11.7. The minimum Gasteiger partial charge on any atom is -0.413 e. The van der Waals surface area contributed by atoms with Gasteiger partial charge in [0.2, 0.25) is 5.91 Å². The fraction of sp³-hybridized carbons (Fsp3) is 0.619.